The third kappa shape index (κ3) is 2.48. The fourth-order valence-corrected chi connectivity index (χ4v) is 1.81. The Labute approximate surface area is 99.9 Å². The summed E-state index contributed by atoms with van der Waals surface area (Å²) in [6.45, 7) is 0. The molecule has 2 nitrogen and oxygen atoms in total. The summed E-state index contributed by atoms with van der Waals surface area (Å²) in [6, 6.07) is 14.1. The number of carbonyl (C=O) groups excluding carboxylic acids is 2. The van der Waals surface area contributed by atoms with Gasteiger partial charge in [0.1, 0.15) is 0 Å². The van der Waals surface area contributed by atoms with Crippen molar-refractivity contribution >= 4 is 12.6 Å². The molecule has 0 aromatic rings. The van der Waals surface area contributed by atoms with Crippen LogP contribution >= 0.6 is 0 Å². The van der Waals surface area contributed by atoms with Crippen molar-refractivity contribution in [1.29, 1.82) is 0 Å². The molecule has 0 heterocycles. The van der Waals surface area contributed by atoms with Crippen LogP contribution in [0, 0.1) is 0 Å². The minimum Gasteiger partial charge on any atom is -0.298 e. The Hall–Kier alpha value is -2.22. The smallest absolute Gasteiger partial charge is 0.153 e. The summed E-state index contributed by atoms with van der Waals surface area (Å²) in [5.74, 6) is 0. The van der Waals surface area contributed by atoms with Crippen molar-refractivity contribution in [2.75, 3.05) is 0 Å². The lowest BCUT2D eigenvalue weighted by Crippen LogP contribution is -1.88. The van der Waals surface area contributed by atoms with Gasteiger partial charge in [0.25, 0.3) is 0 Å². The summed E-state index contributed by atoms with van der Waals surface area (Å²) in [7, 11) is 0. The topological polar surface area (TPSA) is 34.1 Å². The van der Waals surface area contributed by atoms with E-state index in [9.17, 15) is 9.59 Å². The van der Waals surface area contributed by atoms with Crippen LogP contribution in [0.1, 0.15) is 5.56 Å². The molecule has 0 N–H and O–H groups in total. The van der Waals surface area contributed by atoms with E-state index in [0.717, 1.165) is 16.7 Å². The average molecular weight is 224 g/mol. The van der Waals surface area contributed by atoms with Crippen LogP contribution < -0.4 is 0 Å². The Morgan fingerprint density at radius 3 is 2.47 bits per heavy atom. The predicted octanol–water partition coefficient (Wildman–Crippen LogP) is 2.66. The molecule has 2 rings (SSSR count). The second-order valence-corrected chi connectivity index (χ2v) is 3.78. The molecule has 0 bridgehead atoms. The Kier molecular flexibility index (Phi) is 3.46. The molecule has 0 saturated heterocycles. The SMILES string of the molecule is O=CC(C=O)=CCc1ccc2cccccc1-2. The molecule has 0 aromatic carbocycles. The number of hydrogen-bond acceptors (Lipinski definition) is 2. The minimum atomic E-state index is 0.194. The highest BCUT2D eigenvalue weighted by molar-refractivity contribution is 5.99. The molecular formula is C15H12O2. The summed E-state index contributed by atoms with van der Waals surface area (Å²) >= 11 is 0. The van der Waals surface area contributed by atoms with E-state index in [1.807, 2.05) is 42.5 Å². The molecule has 0 spiro atoms. The van der Waals surface area contributed by atoms with Crippen LogP contribution in [0.2, 0.25) is 0 Å². The number of hydrogen-bond donors (Lipinski definition) is 0. The van der Waals surface area contributed by atoms with Crippen LogP contribution in [0.25, 0.3) is 11.1 Å². The van der Waals surface area contributed by atoms with E-state index in [0.29, 0.717) is 19.0 Å². The van der Waals surface area contributed by atoms with E-state index in [1.54, 1.807) is 6.08 Å². The summed E-state index contributed by atoms with van der Waals surface area (Å²) in [6.07, 6.45) is 3.42. The van der Waals surface area contributed by atoms with Crippen molar-refractivity contribution in [1.82, 2.24) is 0 Å². The molecule has 0 atom stereocenters. The summed E-state index contributed by atoms with van der Waals surface area (Å²) in [5.41, 5.74) is 3.64. The van der Waals surface area contributed by atoms with Crippen molar-refractivity contribution < 1.29 is 9.59 Å². The van der Waals surface area contributed by atoms with Crippen LogP contribution in [-0.4, -0.2) is 12.6 Å². The number of carbonyl (C=O) groups is 2. The normalized spacial score (nSPS) is 9.88. The van der Waals surface area contributed by atoms with Crippen molar-refractivity contribution in [3.8, 4) is 11.1 Å². The van der Waals surface area contributed by atoms with E-state index in [2.05, 4.69) is 0 Å². The first-order valence-electron chi connectivity index (χ1n) is 5.42. The molecule has 17 heavy (non-hydrogen) atoms. The summed E-state index contributed by atoms with van der Waals surface area (Å²) in [4.78, 5) is 21.0. The Balaban J connectivity index is 2.31. The van der Waals surface area contributed by atoms with Gasteiger partial charge in [0, 0.05) is 0 Å². The second-order valence-electron chi connectivity index (χ2n) is 3.78. The first-order valence-corrected chi connectivity index (χ1v) is 5.42. The lowest BCUT2D eigenvalue weighted by atomic mass is 10.1. The van der Waals surface area contributed by atoms with Crippen LogP contribution in [0.3, 0.4) is 0 Å². The van der Waals surface area contributed by atoms with Crippen molar-refractivity contribution in [3.05, 3.63) is 59.7 Å². The van der Waals surface area contributed by atoms with Crippen molar-refractivity contribution in [2.24, 2.45) is 0 Å². The zero-order valence-corrected chi connectivity index (χ0v) is 9.30. The molecule has 2 aliphatic carbocycles. The average Bonchev–Trinajstić information content (AvgIpc) is 2.60. The summed E-state index contributed by atoms with van der Waals surface area (Å²) in [5, 5.41) is 0. The quantitative estimate of drug-likeness (QED) is 0.346. The Morgan fingerprint density at radius 1 is 0.941 bits per heavy atom. The lowest BCUT2D eigenvalue weighted by molar-refractivity contribution is -0.109. The molecule has 84 valence electrons. The number of rotatable bonds is 4. The third-order valence-electron chi connectivity index (χ3n) is 2.71. The van der Waals surface area contributed by atoms with Crippen LogP contribution in [0.15, 0.2) is 54.1 Å². The van der Waals surface area contributed by atoms with E-state index in [4.69, 9.17) is 0 Å². The molecule has 0 aliphatic heterocycles. The molecule has 0 aromatic heterocycles. The molecule has 2 heteroatoms. The highest BCUT2D eigenvalue weighted by atomic mass is 16.1. The zero-order chi connectivity index (χ0) is 12.1. The van der Waals surface area contributed by atoms with Crippen LogP contribution in [0.4, 0.5) is 0 Å². The van der Waals surface area contributed by atoms with E-state index < -0.39 is 0 Å². The zero-order valence-electron chi connectivity index (χ0n) is 9.30. The van der Waals surface area contributed by atoms with Crippen molar-refractivity contribution in [2.45, 2.75) is 6.42 Å². The van der Waals surface area contributed by atoms with Crippen molar-refractivity contribution in [3.63, 3.8) is 0 Å². The number of fused-ring (bicyclic) bond motifs is 1. The maximum atomic E-state index is 10.5. The van der Waals surface area contributed by atoms with E-state index >= 15 is 0 Å². The maximum Gasteiger partial charge on any atom is 0.153 e. The fraction of sp³-hybridized carbons (Fsp3) is 0.0667. The van der Waals surface area contributed by atoms with Crippen LogP contribution in [-0.2, 0) is 16.0 Å². The molecule has 0 amide bonds. The first-order chi connectivity index (χ1) is 8.35. The van der Waals surface area contributed by atoms with Gasteiger partial charge in [0.05, 0.1) is 5.57 Å². The molecule has 0 radical (unpaired) electrons. The summed E-state index contributed by atoms with van der Waals surface area (Å²) < 4.78 is 0. The van der Waals surface area contributed by atoms with E-state index in [-0.39, 0.29) is 5.57 Å². The van der Waals surface area contributed by atoms with Crippen LogP contribution in [0.5, 0.6) is 0 Å². The Morgan fingerprint density at radius 2 is 1.71 bits per heavy atom. The van der Waals surface area contributed by atoms with Gasteiger partial charge in [-0.2, -0.15) is 0 Å². The van der Waals surface area contributed by atoms with Gasteiger partial charge in [-0.25, -0.2) is 0 Å². The largest absolute Gasteiger partial charge is 0.298 e. The molecule has 0 unspecified atom stereocenters. The van der Waals surface area contributed by atoms with Gasteiger partial charge in [-0.05, 0) is 23.1 Å². The van der Waals surface area contributed by atoms with Gasteiger partial charge in [-0.15, -0.1) is 0 Å². The Bertz CT molecular complexity index is 531. The van der Waals surface area contributed by atoms with Gasteiger partial charge >= 0.3 is 0 Å². The highest BCUT2D eigenvalue weighted by Gasteiger charge is 2.06. The van der Waals surface area contributed by atoms with Gasteiger partial charge in [0.15, 0.2) is 12.6 Å². The van der Waals surface area contributed by atoms with Gasteiger partial charge in [-0.1, -0.05) is 48.5 Å². The standard InChI is InChI=1S/C15H12O2/c16-10-12(11-17)6-7-14-9-8-13-4-2-1-3-5-15(13)14/h1-6,8-11H,7H2. The highest BCUT2D eigenvalue weighted by Crippen LogP contribution is 2.27. The predicted molar refractivity (Wildman–Crippen MR) is 67.0 cm³/mol. The number of aldehydes is 2. The molecule has 0 saturated carbocycles. The van der Waals surface area contributed by atoms with Gasteiger partial charge < -0.3 is 0 Å². The fourth-order valence-electron chi connectivity index (χ4n) is 1.81. The molecule has 0 fully saturated rings. The first kappa shape index (κ1) is 11.3. The molecule has 2 aliphatic rings. The second kappa shape index (κ2) is 5.21. The third-order valence-corrected chi connectivity index (χ3v) is 2.71. The lowest BCUT2D eigenvalue weighted by Gasteiger charge is -1.97. The maximum absolute atomic E-state index is 10.5. The minimum absolute atomic E-state index is 0.194. The monoisotopic (exact) mass is 224 g/mol. The van der Waals surface area contributed by atoms with Gasteiger partial charge in [0.2, 0.25) is 0 Å². The molecular weight excluding hydrogens is 212 g/mol. The van der Waals surface area contributed by atoms with Gasteiger partial charge in [-0.3, -0.25) is 9.59 Å². The van der Waals surface area contributed by atoms with E-state index in [1.165, 1.54) is 0 Å². The number of allylic oxidation sites excluding steroid dienone is 2.